The zero-order chi connectivity index (χ0) is 13.2. The van der Waals surface area contributed by atoms with E-state index in [1.165, 1.54) is 32.8 Å². The van der Waals surface area contributed by atoms with Crippen LogP contribution < -0.4 is 5.32 Å². The first-order valence-corrected chi connectivity index (χ1v) is 7.06. The largest absolute Gasteiger partial charge is 0.468 e. The van der Waals surface area contributed by atoms with Gasteiger partial charge < -0.3 is 15.0 Å². The SMILES string of the molecule is COC(=O)C(CN1CCCC(C)(C)C1)NC1CC1. The maximum absolute atomic E-state index is 11.8. The number of piperidine rings is 1. The molecule has 104 valence electrons. The summed E-state index contributed by atoms with van der Waals surface area (Å²) in [5, 5.41) is 3.40. The lowest BCUT2D eigenvalue weighted by Crippen LogP contribution is -2.51. The molecule has 2 fully saturated rings. The van der Waals surface area contributed by atoms with Gasteiger partial charge in [-0.1, -0.05) is 13.8 Å². The van der Waals surface area contributed by atoms with Crippen LogP contribution in [0.25, 0.3) is 0 Å². The van der Waals surface area contributed by atoms with E-state index in [-0.39, 0.29) is 12.0 Å². The molecule has 1 atom stereocenters. The molecule has 1 heterocycles. The Bertz CT molecular complexity index is 300. The first kappa shape index (κ1) is 13.8. The van der Waals surface area contributed by atoms with Crippen molar-refractivity contribution in [1.82, 2.24) is 10.2 Å². The second-order valence-electron chi connectivity index (χ2n) is 6.52. The third-order valence-electron chi connectivity index (χ3n) is 3.92. The Morgan fingerprint density at radius 3 is 2.78 bits per heavy atom. The highest BCUT2D eigenvalue weighted by Gasteiger charge is 2.33. The normalized spacial score (nSPS) is 25.7. The molecule has 4 nitrogen and oxygen atoms in total. The van der Waals surface area contributed by atoms with Crippen molar-refractivity contribution in [2.24, 2.45) is 5.41 Å². The third kappa shape index (κ3) is 3.95. The predicted molar refractivity (Wildman–Crippen MR) is 71.4 cm³/mol. The Kier molecular flexibility index (Phi) is 4.28. The molecular formula is C14H26N2O2. The minimum atomic E-state index is -0.156. The standard InChI is InChI=1S/C14H26N2O2/c1-14(2)7-4-8-16(10-14)9-12(13(17)18-3)15-11-5-6-11/h11-12,15H,4-10H2,1-3H3. The molecular weight excluding hydrogens is 228 g/mol. The van der Waals surface area contributed by atoms with Gasteiger partial charge in [0.25, 0.3) is 0 Å². The van der Waals surface area contributed by atoms with Crippen molar-refractivity contribution >= 4 is 5.97 Å². The molecule has 0 aromatic carbocycles. The Labute approximate surface area is 110 Å². The van der Waals surface area contributed by atoms with Gasteiger partial charge in [0.1, 0.15) is 6.04 Å². The summed E-state index contributed by atoms with van der Waals surface area (Å²) in [6.07, 6.45) is 4.89. The molecule has 2 aliphatic rings. The van der Waals surface area contributed by atoms with Crippen LogP contribution in [0.2, 0.25) is 0 Å². The number of ether oxygens (including phenoxy) is 1. The summed E-state index contributed by atoms with van der Waals surface area (Å²) in [4.78, 5) is 14.2. The molecule has 0 amide bonds. The van der Waals surface area contributed by atoms with Crippen molar-refractivity contribution in [2.75, 3.05) is 26.7 Å². The second kappa shape index (κ2) is 5.57. The summed E-state index contributed by atoms with van der Waals surface area (Å²) < 4.78 is 4.91. The second-order valence-corrected chi connectivity index (χ2v) is 6.52. The molecule has 1 aliphatic heterocycles. The van der Waals surface area contributed by atoms with Crippen LogP contribution in [0.1, 0.15) is 39.5 Å². The Morgan fingerprint density at radius 1 is 1.50 bits per heavy atom. The molecule has 0 aromatic heterocycles. The molecule has 0 spiro atoms. The molecule has 1 unspecified atom stereocenters. The lowest BCUT2D eigenvalue weighted by Gasteiger charge is -2.39. The number of nitrogens with one attached hydrogen (secondary N) is 1. The minimum absolute atomic E-state index is 0.120. The Balaban J connectivity index is 1.88. The fraction of sp³-hybridized carbons (Fsp3) is 0.929. The number of hydrogen-bond acceptors (Lipinski definition) is 4. The zero-order valence-electron chi connectivity index (χ0n) is 11.9. The summed E-state index contributed by atoms with van der Waals surface area (Å²) in [5.74, 6) is -0.120. The van der Waals surface area contributed by atoms with Crippen LogP contribution >= 0.6 is 0 Å². The van der Waals surface area contributed by atoms with Gasteiger partial charge in [0.2, 0.25) is 0 Å². The topological polar surface area (TPSA) is 41.6 Å². The maximum Gasteiger partial charge on any atom is 0.324 e. The first-order valence-electron chi connectivity index (χ1n) is 7.06. The monoisotopic (exact) mass is 254 g/mol. The van der Waals surface area contributed by atoms with Crippen LogP contribution in [0, 0.1) is 5.41 Å². The van der Waals surface area contributed by atoms with E-state index in [1.54, 1.807) is 0 Å². The summed E-state index contributed by atoms with van der Waals surface area (Å²) in [6.45, 7) is 7.57. The van der Waals surface area contributed by atoms with Crippen molar-refractivity contribution in [3.63, 3.8) is 0 Å². The highest BCUT2D eigenvalue weighted by molar-refractivity contribution is 5.76. The molecule has 1 saturated heterocycles. The summed E-state index contributed by atoms with van der Waals surface area (Å²) >= 11 is 0. The molecule has 0 aromatic rings. The number of rotatable bonds is 5. The van der Waals surface area contributed by atoms with E-state index >= 15 is 0 Å². The molecule has 0 bridgehead atoms. The van der Waals surface area contributed by atoms with Crippen molar-refractivity contribution < 1.29 is 9.53 Å². The molecule has 18 heavy (non-hydrogen) atoms. The average Bonchev–Trinajstić information content (AvgIpc) is 3.10. The van der Waals surface area contributed by atoms with Gasteiger partial charge in [-0.2, -0.15) is 0 Å². The van der Waals surface area contributed by atoms with Crippen LogP contribution in [0.4, 0.5) is 0 Å². The quantitative estimate of drug-likeness (QED) is 0.753. The van der Waals surface area contributed by atoms with Gasteiger partial charge >= 0.3 is 5.97 Å². The number of nitrogens with zero attached hydrogens (tertiary/aromatic N) is 1. The number of methoxy groups -OCH3 is 1. The van der Waals surface area contributed by atoms with Crippen molar-refractivity contribution in [1.29, 1.82) is 0 Å². The highest BCUT2D eigenvalue weighted by Crippen LogP contribution is 2.28. The number of carbonyl (C=O) groups is 1. The smallest absolute Gasteiger partial charge is 0.324 e. The van der Waals surface area contributed by atoms with Crippen LogP contribution in [0.3, 0.4) is 0 Å². The molecule has 0 radical (unpaired) electrons. The van der Waals surface area contributed by atoms with Gasteiger partial charge in [-0.15, -0.1) is 0 Å². The van der Waals surface area contributed by atoms with E-state index in [1.807, 2.05) is 0 Å². The van der Waals surface area contributed by atoms with Gasteiger partial charge in [-0.05, 0) is 37.6 Å². The third-order valence-corrected chi connectivity index (χ3v) is 3.92. The van der Waals surface area contributed by atoms with Gasteiger partial charge in [0.15, 0.2) is 0 Å². The number of esters is 1. The van der Waals surface area contributed by atoms with E-state index in [4.69, 9.17) is 4.74 Å². The summed E-state index contributed by atoms with van der Waals surface area (Å²) in [5.41, 5.74) is 0.374. The molecule has 2 rings (SSSR count). The fourth-order valence-corrected chi connectivity index (χ4v) is 2.83. The van der Waals surface area contributed by atoms with Crippen LogP contribution in [-0.2, 0) is 9.53 Å². The lowest BCUT2D eigenvalue weighted by atomic mass is 9.84. The first-order chi connectivity index (χ1) is 8.50. The Hall–Kier alpha value is -0.610. The van der Waals surface area contributed by atoms with Gasteiger partial charge in [0, 0.05) is 19.1 Å². The molecule has 1 aliphatic carbocycles. The molecule has 1 N–H and O–H groups in total. The van der Waals surface area contributed by atoms with E-state index in [0.29, 0.717) is 11.5 Å². The average molecular weight is 254 g/mol. The van der Waals surface area contributed by atoms with E-state index in [9.17, 15) is 4.79 Å². The lowest BCUT2D eigenvalue weighted by molar-refractivity contribution is -0.144. The zero-order valence-corrected chi connectivity index (χ0v) is 11.9. The number of hydrogen-bond donors (Lipinski definition) is 1. The van der Waals surface area contributed by atoms with E-state index < -0.39 is 0 Å². The maximum atomic E-state index is 11.8. The van der Waals surface area contributed by atoms with Crippen LogP contribution in [-0.4, -0.2) is 49.7 Å². The van der Waals surface area contributed by atoms with Crippen LogP contribution in [0.5, 0.6) is 0 Å². The van der Waals surface area contributed by atoms with Crippen molar-refractivity contribution in [2.45, 2.75) is 51.6 Å². The van der Waals surface area contributed by atoms with Gasteiger partial charge in [-0.25, -0.2) is 0 Å². The van der Waals surface area contributed by atoms with Gasteiger partial charge in [0.05, 0.1) is 7.11 Å². The highest BCUT2D eigenvalue weighted by atomic mass is 16.5. The van der Waals surface area contributed by atoms with E-state index in [2.05, 4.69) is 24.1 Å². The van der Waals surface area contributed by atoms with Gasteiger partial charge in [-0.3, -0.25) is 4.79 Å². The minimum Gasteiger partial charge on any atom is -0.468 e. The Morgan fingerprint density at radius 2 is 2.22 bits per heavy atom. The number of likely N-dealkylation sites (tertiary alicyclic amines) is 1. The van der Waals surface area contributed by atoms with Crippen LogP contribution in [0.15, 0.2) is 0 Å². The summed E-state index contributed by atoms with van der Waals surface area (Å²) in [6, 6.07) is 0.378. The van der Waals surface area contributed by atoms with E-state index in [0.717, 1.165) is 19.6 Å². The molecule has 4 heteroatoms. The molecule has 1 saturated carbocycles. The van der Waals surface area contributed by atoms with Crippen molar-refractivity contribution in [3.8, 4) is 0 Å². The fourth-order valence-electron chi connectivity index (χ4n) is 2.83. The van der Waals surface area contributed by atoms with Crippen molar-refractivity contribution in [3.05, 3.63) is 0 Å². The number of carbonyl (C=O) groups excluding carboxylic acids is 1. The summed E-state index contributed by atoms with van der Waals surface area (Å²) in [7, 11) is 1.48. The predicted octanol–water partition coefficient (Wildman–Crippen LogP) is 1.40.